The lowest BCUT2D eigenvalue weighted by Gasteiger charge is -2.61. The Labute approximate surface area is 258 Å². The van der Waals surface area contributed by atoms with Gasteiger partial charge in [0, 0.05) is 47.5 Å². The SMILES string of the molecule is C[C@@H]1CN(C(=NC2C[C@H]3C[C@@H]([C@@H]2C)C3(C)C)Nc2ccc3c(=O)n(CCc4ccc(Cl)cc4Cl)cnc3c2)C[C@H](C)N1. The summed E-state index contributed by atoms with van der Waals surface area (Å²) < 4.78 is 1.65. The lowest BCUT2D eigenvalue weighted by Crippen LogP contribution is -2.59. The molecule has 6 atom stereocenters. The molecule has 2 heterocycles. The molecule has 0 radical (unpaired) electrons. The van der Waals surface area contributed by atoms with E-state index in [0.29, 0.717) is 63.4 Å². The molecule has 0 amide bonds. The second-order valence-corrected chi connectivity index (χ2v) is 14.3. The molecule has 3 aromatic rings. The number of anilines is 1. The van der Waals surface area contributed by atoms with Gasteiger partial charge in [0.2, 0.25) is 0 Å². The van der Waals surface area contributed by atoms with E-state index in [1.165, 1.54) is 6.42 Å². The molecule has 4 fully saturated rings. The van der Waals surface area contributed by atoms with E-state index in [1.54, 1.807) is 17.0 Å². The number of rotatable bonds is 5. The van der Waals surface area contributed by atoms with Crippen molar-refractivity contribution in [1.82, 2.24) is 19.8 Å². The molecule has 1 aromatic heterocycles. The summed E-state index contributed by atoms with van der Waals surface area (Å²) in [7, 11) is 0. The van der Waals surface area contributed by atoms with Crippen LogP contribution in [0.25, 0.3) is 10.9 Å². The van der Waals surface area contributed by atoms with Crippen LogP contribution in [0.1, 0.15) is 53.0 Å². The van der Waals surface area contributed by atoms with Gasteiger partial charge in [-0.25, -0.2) is 9.98 Å². The first kappa shape index (κ1) is 29.5. The number of nitrogens with one attached hydrogen (secondary N) is 2. The maximum absolute atomic E-state index is 13.3. The fourth-order valence-electron chi connectivity index (χ4n) is 7.63. The summed E-state index contributed by atoms with van der Waals surface area (Å²) in [6.07, 6.45) is 4.73. The third kappa shape index (κ3) is 5.68. The predicted molar refractivity (Wildman–Crippen MR) is 174 cm³/mol. The summed E-state index contributed by atoms with van der Waals surface area (Å²) in [6, 6.07) is 12.3. The number of piperazine rings is 1. The van der Waals surface area contributed by atoms with Crippen LogP contribution in [0, 0.1) is 23.2 Å². The standard InChI is InChI=1S/C33H42Cl2N6O/c1-19-16-41(17-20(2)37-19)32(39-29-13-23-12-27(21(29)3)33(23,4)5)38-25-8-9-26-30(15-25)36-18-40(31(26)42)11-10-22-6-7-24(34)14-28(22)35/h6-9,14-15,18-21,23,27,29,37H,10-13,16-17H2,1-5H3,(H,38,39)/t19-,20+,21-,23+,27-,29?/m0/s1. The van der Waals surface area contributed by atoms with E-state index in [-0.39, 0.29) is 5.56 Å². The summed E-state index contributed by atoms with van der Waals surface area (Å²) in [5, 5.41) is 9.11. The van der Waals surface area contributed by atoms with Gasteiger partial charge in [-0.05, 0) is 92.2 Å². The normalized spacial score (nSPS) is 28.9. The topological polar surface area (TPSA) is 74.5 Å². The van der Waals surface area contributed by atoms with E-state index in [0.717, 1.165) is 48.6 Å². The number of hydrogen-bond donors (Lipinski definition) is 2. The number of aryl methyl sites for hydroxylation is 2. The Hall–Kier alpha value is -2.61. The molecular weight excluding hydrogens is 567 g/mol. The Bertz CT molecular complexity index is 1560. The van der Waals surface area contributed by atoms with Crippen LogP contribution < -0.4 is 16.2 Å². The molecule has 1 unspecified atom stereocenters. The van der Waals surface area contributed by atoms with Crippen LogP contribution in [0.15, 0.2) is 52.5 Å². The third-order valence-corrected chi connectivity index (χ3v) is 10.8. The van der Waals surface area contributed by atoms with Crippen LogP contribution in [0.4, 0.5) is 5.69 Å². The number of benzene rings is 2. The number of aromatic nitrogens is 2. The van der Waals surface area contributed by atoms with Gasteiger partial charge < -0.3 is 15.5 Å². The van der Waals surface area contributed by atoms with E-state index in [2.05, 4.69) is 55.1 Å². The summed E-state index contributed by atoms with van der Waals surface area (Å²) in [4.78, 5) is 25.8. The largest absolute Gasteiger partial charge is 0.340 e. The average Bonchev–Trinajstić information content (AvgIpc) is 2.93. The first-order valence-electron chi connectivity index (χ1n) is 15.3. The molecule has 7 nitrogen and oxygen atoms in total. The van der Waals surface area contributed by atoms with E-state index in [1.807, 2.05) is 30.3 Å². The zero-order chi connectivity index (χ0) is 29.8. The number of fused-ring (bicyclic) bond motifs is 3. The van der Waals surface area contributed by atoms with Crippen molar-refractivity contribution in [2.75, 3.05) is 18.4 Å². The molecule has 4 aliphatic rings. The minimum Gasteiger partial charge on any atom is -0.340 e. The number of hydrogen-bond acceptors (Lipinski definition) is 4. The van der Waals surface area contributed by atoms with E-state index >= 15 is 0 Å². The van der Waals surface area contributed by atoms with Crippen molar-refractivity contribution in [3.8, 4) is 0 Å². The first-order chi connectivity index (χ1) is 20.0. The second kappa shape index (κ2) is 11.5. The highest BCUT2D eigenvalue weighted by Gasteiger charge is 2.56. The molecule has 1 aliphatic heterocycles. The van der Waals surface area contributed by atoms with E-state index < -0.39 is 0 Å². The molecule has 2 bridgehead atoms. The molecular formula is C33H42Cl2N6O. The van der Waals surface area contributed by atoms with Crippen molar-refractivity contribution >= 4 is 45.8 Å². The maximum atomic E-state index is 13.3. The maximum Gasteiger partial charge on any atom is 0.261 e. The first-order valence-corrected chi connectivity index (χ1v) is 16.0. The molecule has 9 heteroatoms. The number of guanidine groups is 1. The van der Waals surface area contributed by atoms with Crippen LogP contribution >= 0.6 is 23.2 Å². The van der Waals surface area contributed by atoms with Gasteiger partial charge >= 0.3 is 0 Å². The van der Waals surface area contributed by atoms with Crippen molar-refractivity contribution in [3.63, 3.8) is 0 Å². The number of nitrogens with zero attached hydrogens (tertiary/aromatic N) is 4. The molecule has 224 valence electrons. The summed E-state index contributed by atoms with van der Waals surface area (Å²) >= 11 is 12.4. The van der Waals surface area contributed by atoms with Gasteiger partial charge in [-0.3, -0.25) is 9.36 Å². The zero-order valence-electron chi connectivity index (χ0n) is 25.2. The highest BCUT2D eigenvalue weighted by Crippen LogP contribution is 2.61. The zero-order valence-corrected chi connectivity index (χ0v) is 26.7. The molecule has 2 N–H and O–H groups in total. The Kier molecular flexibility index (Phi) is 8.05. The quantitative estimate of drug-likeness (QED) is 0.256. The minimum absolute atomic E-state index is 0.0619. The fraction of sp³-hybridized carbons (Fsp3) is 0.545. The van der Waals surface area contributed by atoms with E-state index in [9.17, 15) is 4.79 Å². The van der Waals surface area contributed by atoms with Crippen molar-refractivity contribution < 1.29 is 0 Å². The minimum atomic E-state index is -0.0619. The molecule has 42 heavy (non-hydrogen) atoms. The van der Waals surface area contributed by atoms with Gasteiger partial charge in [0.1, 0.15) is 0 Å². The second-order valence-electron chi connectivity index (χ2n) is 13.4. The van der Waals surface area contributed by atoms with Gasteiger partial charge in [0.15, 0.2) is 5.96 Å². The Morgan fingerprint density at radius 1 is 1.10 bits per heavy atom. The Morgan fingerprint density at radius 3 is 2.55 bits per heavy atom. The highest BCUT2D eigenvalue weighted by molar-refractivity contribution is 6.35. The average molecular weight is 610 g/mol. The highest BCUT2D eigenvalue weighted by atomic mass is 35.5. The van der Waals surface area contributed by atoms with Crippen molar-refractivity contribution in [2.24, 2.45) is 28.2 Å². The fourth-order valence-corrected chi connectivity index (χ4v) is 8.14. The van der Waals surface area contributed by atoms with Crippen LogP contribution in [0.5, 0.6) is 0 Å². The summed E-state index contributed by atoms with van der Waals surface area (Å²) in [5.74, 6) is 2.96. The predicted octanol–water partition coefficient (Wildman–Crippen LogP) is 6.47. The van der Waals surface area contributed by atoms with Gasteiger partial charge in [0.25, 0.3) is 5.56 Å². The molecule has 3 aliphatic carbocycles. The van der Waals surface area contributed by atoms with Crippen LogP contribution in [-0.4, -0.2) is 51.6 Å². The molecule has 3 saturated carbocycles. The van der Waals surface area contributed by atoms with Crippen molar-refractivity contribution in [2.45, 2.75) is 78.6 Å². The third-order valence-electron chi connectivity index (χ3n) is 10.2. The van der Waals surface area contributed by atoms with Crippen LogP contribution in [-0.2, 0) is 13.0 Å². The Morgan fingerprint density at radius 2 is 1.86 bits per heavy atom. The van der Waals surface area contributed by atoms with Crippen molar-refractivity contribution in [3.05, 3.63) is 68.7 Å². The van der Waals surface area contributed by atoms with Gasteiger partial charge in [-0.2, -0.15) is 0 Å². The van der Waals surface area contributed by atoms with Gasteiger partial charge in [0.05, 0.1) is 23.3 Å². The Balaban J connectivity index is 1.24. The number of aliphatic imine (C=N–C) groups is 1. The summed E-state index contributed by atoms with van der Waals surface area (Å²) in [6.45, 7) is 14.0. The van der Waals surface area contributed by atoms with Gasteiger partial charge in [-0.15, -0.1) is 0 Å². The molecule has 1 saturated heterocycles. The molecule has 7 rings (SSSR count). The van der Waals surface area contributed by atoms with Crippen molar-refractivity contribution in [1.29, 1.82) is 0 Å². The molecule has 2 aromatic carbocycles. The van der Waals surface area contributed by atoms with Gasteiger partial charge in [-0.1, -0.05) is 50.0 Å². The lowest BCUT2D eigenvalue weighted by molar-refractivity contribution is -0.108. The van der Waals surface area contributed by atoms with Crippen LogP contribution in [0.3, 0.4) is 0 Å². The monoisotopic (exact) mass is 608 g/mol. The summed E-state index contributed by atoms with van der Waals surface area (Å²) in [5.41, 5.74) is 2.87. The van der Waals surface area contributed by atoms with Crippen LogP contribution in [0.2, 0.25) is 10.0 Å². The smallest absolute Gasteiger partial charge is 0.261 e. The lowest BCUT2D eigenvalue weighted by atomic mass is 9.45. The molecule has 0 spiro atoms. The number of halogens is 2. The van der Waals surface area contributed by atoms with E-state index in [4.69, 9.17) is 28.2 Å².